The van der Waals surface area contributed by atoms with Crippen LogP contribution in [0.4, 0.5) is 0 Å². The van der Waals surface area contributed by atoms with E-state index in [9.17, 15) is 0 Å². The minimum atomic E-state index is 0.744. The van der Waals surface area contributed by atoms with Crippen molar-refractivity contribution in [3.8, 4) is 0 Å². The van der Waals surface area contributed by atoms with Gasteiger partial charge in [0.05, 0.1) is 0 Å². The van der Waals surface area contributed by atoms with Gasteiger partial charge >= 0.3 is 0 Å². The fraction of sp³-hybridized carbons (Fsp3) is 1.00. The average molecular weight is 158 g/mol. The van der Waals surface area contributed by atoms with E-state index in [0.717, 1.165) is 12.0 Å². The summed E-state index contributed by atoms with van der Waals surface area (Å²) in [5.41, 5.74) is 0. The highest BCUT2D eigenvalue weighted by molar-refractivity contribution is 7.77. The van der Waals surface area contributed by atoms with Crippen molar-refractivity contribution < 1.29 is 0 Å². The molecule has 0 radical (unpaired) electrons. The molecular formula is C7H14N2S. The van der Waals surface area contributed by atoms with Crippen molar-refractivity contribution >= 4 is 12.8 Å². The second-order valence-electron chi connectivity index (χ2n) is 3.50. The molecule has 0 amide bonds. The lowest BCUT2D eigenvalue weighted by Gasteiger charge is -2.16. The molecule has 0 aromatic heterocycles. The molecule has 0 aromatic carbocycles. The molecule has 2 aliphatic heterocycles. The van der Waals surface area contributed by atoms with Gasteiger partial charge in [0, 0.05) is 25.7 Å². The van der Waals surface area contributed by atoms with E-state index in [2.05, 4.69) is 29.1 Å². The Morgan fingerprint density at radius 1 is 1.40 bits per heavy atom. The SMILES string of the molecule is CN1C[C@@H]2CCN(S)[C@H]2C1. The Morgan fingerprint density at radius 3 is 2.90 bits per heavy atom. The lowest BCUT2D eigenvalue weighted by atomic mass is 10.1. The number of hydrogen-bond acceptors (Lipinski definition) is 3. The molecule has 2 fully saturated rings. The Labute approximate surface area is 67.7 Å². The monoisotopic (exact) mass is 158 g/mol. The van der Waals surface area contributed by atoms with E-state index in [0.29, 0.717) is 0 Å². The number of hydrogen-bond donors (Lipinski definition) is 1. The molecule has 0 aromatic rings. The molecule has 2 aliphatic rings. The van der Waals surface area contributed by atoms with Crippen LogP contribution in [0.1, 0.15) is 6.42 Å². The third-order valence-corrected chi connectivity index (χ3v) is 3.20. The van der Waals surface area contributed by atoms with E-state index in [-0.39, 0.29) is 0 Å². The van der Waals surface area contributed by atoms with Gasteiger partial charge in [0.1, 0.15) is 0 Å². The van der Waals surface area contributed by atoms with E-state index in [4.69, 9.17) is 0 Å². The van der Waals surface area contributed by atoms with Gasteiger partial charge in [-0.3, -0.25) is 0 Å². The predicted octanol–water partition coefficient (Wildman–Crippen LogP) is 0.467. The summed E-state index contributed by atoms with van der Waals surface area (Å²) < 4.78 is 2.20. The Balaban J connectivity index is 2.05. The highest BCUT2D eigenvalue weighted by Gasteiger charge is 2.38. The molecule has 0 N–H and O–H groups in total. The largest absolute Gasteiger partial charge is 0.304 e. The van der Waals surface area contributed by atoms with Gasteiger partial charge in [-0.25, -0.2) is 4.31 Å². The molecule has 58 valence electrons. The van der Waals surface area contributed by atoms with E-state index in [1.165, 1.54) is 26.1 Å². The van der Waals surface area contributed by atoms with Crippen molar-refractivity contribution in [1.29, 1.82) is 0 Å². The van der Waals surface area contributed by atoms with E-state index >= 15 is 0 Å². The normalized spacial score (nSPS) is 42.6. The highest BCUT2D eigenvalue weighted by Crippen LogP contribution is 2.31. The first-order chi connectivity index (χ1) is 4.77. The van der Waals surface area contributed by atoms with Crippen molar-refractivity contribution in [1.82, 2.24) is 9.21 Å². The van der Waals surface area contributed by atoms with E-state index in [1.807, 2.05) is 0 Å². The van der Waals surface area contributed by atoms with Gasteiger partial charge in [-0.1, -0.05) is 12.8 Å². The zero-order valence-electron chi connectivity index (χ0n) is 6.32. The van der Waals surface area contributed by atoms with Crippen LogP contribution < -0.4 is 0 Å². The quantitative estimate of drug-likeness (QED) is 0.512. The summed E-state index contributed by atoms with van der Waals surface area (Å²) in [7, 11) is 2.19. The number of thiol groups is 1. The number of rotatable bonds is 0. The van der Waals surface area contributed by atoms with Gasteiger partial charge < -0.3 is 4.90 Å². The molecule has 0 saturated carbocycles. The second kappa shape index (κ2) is 2.40. The molecule has 2 saturated heterocycles. The average Bonchev–Trinajstić information content (AvgIpc) is 2.35. The summed E-state index contributed by atoms with van der Waals surface area (Å²) >= 11 is 4.41. The lowest BCUT2D eigenvalue weighted by molar-refractivity contribution is 0.356. The van der Waals surface area contributed by atoms with Crippen LogP contribution >= 0.6 is 12.8 Å². The zero-order chi connectivity index (χ0) is 7.14. The highest BCUT2D eigenvalue weighted by atomic mass is 32.1. The molecule has 2 heterocycles. The predicted molar refractivity (Wildman–Crippen MR) is 45.1 cm³/mol. The van der Waals surface area contributed by atoms with E-state index in [1.54, 1.807) is 0 Å². The van der Waals surface area contributed by atoms with Gasteiger partial charge in [0.15, 0.2) is 0 Å². The summed E-state index contributed by atoms with van der Waals surface area (Å²) in [6, 6.07) is 0.744. The van der Waals surface area contributed by atoms with Gasteiger partial charge in [-0.2, -0.15) is 0 Å². The van der Waals surface area contributed by atoms with Crippen molar-refractivity contribution in [3.05, 3.63) is 0 Å². The van der Waals surface area contributed by atoms with Crippen LogP contribution in [-0.2, 0) is 0 Å². The number of likely N-dealkylation sites (tertiary alicyclic amines) is 1. The van der Waals surface area contributed by atoms with Gasteiger partial charge in [0.25, 0.3) is 0 Å². The number of likely N-dealkylation sites (N-methyl/N-ethyl adjacent to an activating group) is 1. The zero-order valence-corrected chi connectivity index (χ0v) is 7.22. The Hall–Kier alpha value is 0.270. The molecule has 2 nitrogen and oxygen atoms in total. The van der Waals surface area contributed by atoms with Gasteiger partial charge in [-0.05, 0) is 19.4 Å². The maximum absolute atomic E-state index is 4.41. The molecule has 3 heteroatoms. The minimum absolute atomic E-state index is 0.744. The van der Waals surface area contributed by atoms with Crippen LogP contribution in [0.3, 0.4) is 0 Å². The van der Waals surface area contributed by atoms with E-state index < -0.39 is 0 Å². The summed E-state index contributed by atoms with van der Waals surface area (Å²) in [5.74, 6) is 0.905. The summed E-state index contributed by atoms with van der Waals surface area (Å²) in [6.07, 6.45) is 1.35. The van der Waals surface area contributed by atoms with Crippen LogP contribution in [0.15, 0.2) is 0 Å². The first-order valence-electron chi connectivity index (χ1n) is 3.91. The molecule has 2 atom stereocenters. The van der Waals surface area contributed by atoms with Crippen LogP contribution in [0.2, 0.25) is 0 Å². The first-order valence-corrected chi connectivity index (χ1v) is 4.31. The molecule has 0 spiro atoms. The maximum Gasteiger partial charge on any atom is 0.0368 e. The summed E-state index contributed by atoms with van der Waals surface area (Å²) in [4.78, 5) is 2.40. The topological polar surface area (TPSA) is 6.48 Å². The third kappa shape index (κ3) is 0.966. The molecule has 0 aliphatic carbocycles. The van der Waals surface area contributed by atoms with Crippen molar-refractivity contribution in [2.75, 3.05) is 26.7 Å². The Morgan fingerprint density at radius 2 is 2.20 bits per heavy atom. The molecule has 0 unspecified atom stereocenters. The van der Waals surface area contributed by atoms with Crippen molar-refractivity contribution in [3.63, 3.8) is 0 Å². The number of nitrogens with zero attached hydrogens (tertiary/aromatic N) is 2. The number of fused-ring (bicyclic) bond motifs is 1. The van der Waals surface area contributed by atoms with Crippen molar-refractivity contribution in [2.45, 2.75) is 12.5 Å². The third-order valence-electron chi connectivity index (χ3n) is 2.70. The summed E-state index contributed by atoms with van der Waals surface area (Å²) in [6.45, 7) is 3.68. The van der Waals surface area contributed by atoms with Crippen LogP contribution in [0, 0.1) is 5.92 Å². The van der Waals surface area contributed by atoms with Gasteiger partial charge in [-0.15, -0.1) is 0 Å². The lowest BCUT2D eigenvalue weighted by Crippen LogP contribution is -2.27. The van der Waals surface area contributed by atoms with Gasteiger partial charge in [0.2, 0.25) is 0 Å². The summed E-state index contributed by atoms with van der Waals surface area (Å²) in [5, 5.41) is 0. The molecule has 0 bridgehead atoms. The van der Waals surface area contributed by atoms with Crippen LogP contribution in [0.5, 0.6) is 0 Å². The van der Waals surface area contributed by atoms with Crippen LogP contribution in [-0.4, -0.2) is 41.9 Å². The molecule has 10 heavy (non-hydrogen) atoms. The van der Waals surface area contributed by atoms with Crippen molar-refractivity contribution in [2.24, 2.45) is 5.92 Å². The maximum atomic E-state index is 4.41. The Bertz CT molecular complexity index is 140. The van der Waals surface area contributed by atoms with Crippen LogP contribution in [0.25, 0.3) is 0 Å². The fourth-order valence-electron chi connectivity index (χ4n) is 2.15. The molecule has 2 rings (SSSR count). The standard InChI is InChI=1S/C7H14N2S/c1-8-4-6-2-3-9(10)7(6)5-8/h6-7,10H,2-5H2,1H3/t6-,7-/m0/s1. The second-order valence-corrected chi connectivity index (χ2v) is 4.01. The fourth-order valence-corrected chi connectivity index (χ4v) is 2.53. The minimum Gasteiger partial charge on any atom is -0.304 e. The first kappa shape index (κ1) is 6.95. The Kier molecular flexibility index (Phi) is 1.66. The smallest absolute Gasteiger partial charge is 0.0368 e. The molecular weight excluding hydrogens is 144 g/mol.